The van der Waals surface area contributed by atoms with Crippen molar-refractivity contribution in [1.82, 2.24) is 4.90 Å². The Balaban J connectivity index is 1.92. The molecule has 10 heteroatoms. The zero-order valence-electron chi connectivity index (χ0n) is 19.6. The number of carbonyl (C=O) groups is 2. The first kappa shape index (κ1) is 27.8. The van der Waals surface area contributed by atoms with Crippen LogP contribution in [0.25, 0.3) is 0 Å². The summed E-state index contributed by atoms with van der Waals surface area (Å²) in [5.41, 5.74) is 0.862. The maximum atomic E-state index is 12.8. The fraction of sp³-hybridized carbons (Fsp3) is 0.440. The van der Waals surface area contributed by atoms with Crippen LogP contribution >= 0.6 is 0 Å². The molecule has 0 unspecified atom stereocenters. The highest BCUT2D eigenvalue weighted by molar-refractivity contribution is 5.71. The van der Waals surface area contributed by atoms with Gasteiger partial charge >= 0.3 is 18.2 Å². The Kier molecular flexibility index (Phi) is 11.2. The predicted octanol–water partition coefficient (Wildman–Crippen LogP) is 5.71. The van der Waals surface area contributed by atoms with Crippen molar-refractivity contribution in [2.24, 2.45) is 0 Å². The van der Waals surface area contributed by atoms with E-state index in [-0.39, 0.29) is 38.3 Å². The van der Waals surface area contributed by atoms with Crippen molar-refractivity contribution >= 4 is 12.1 Å². The Hall–Kier alpha value is -3.43. The Bertz CT molecular complexity index is 934. The van der Waals surface area contributed by atoms with Gasteiger partial charge in [0.25, 0.3) is 0 Å². The van der Waals surface area contributed by atoms with E-state index in [9.17, 15) is 22.8 Å². The summed E-state index contributed by atoms with van der Waals surface area (Å²) in [5.74, 6) is 0.293. The first-order valence-corrected chi connectivity index (χ1v) is 11.3. The molecular formula is C25H30F3NO6. The number of hydrogen-bond donors (Lipinski definition) is 1. The lowest BCUT2D eigenvalue weighted by Crippen LogP contribution is -2.37. The fourth-order valence-corrected chi connectivity index (χ4v) is 3.24. The highest BCUT2D eigenvalue weighted by Crippen LogP contribution is 2.27. The average molecular weight is 498 g/mol. The molecule has 0 bridgehead atoms. The SMILES string of the molecule is COc1ccccc1OC(=O)N(CCCCCC(F)(F)F)CCOc1ccc(CCC(=O)O)cc1. The van der Waals surface area contributed by atoms with Crippen LogP contribution in [0, 0.1) is 0 Å². The van der Waals surface area contributed by atoms with Crippen LogP contribution in [0.2, 0.25) is 0 Å². The van der Waals surface area contributed by atoms with Crippen LogP contribution in [0.3, 0.4) is 0 Å². The number of amides is 1. The summed E-state index contributed by atoms with van der Waals surface area (Å²) in [4.78, 5) is 24.9. The number of ether oxygens (including phenoxy) is 3. The fourth-order valence-electron chi connectivity index (χ4n) is 3.24. The lowest BCUT2D eigenvalue weighted by molar-refractivity contribution is -0.137. The molecule has 2 aromatic rings. The van der Waals surface area contributed by atoms with Crippen molar-refractivity contribution < 1.29 is 42.1 Å². The van der Waals surface area contributed by atoms with E-state index in [4.69, 9.17) is 19.3 Å². The molecule has 0 atom stereocenters. The normalized spacial score (nSPS) is 11.1. The molecular weight excluding hydrogens is 467 g/mol. The van der Waals surface area contributed by atoms with Gasteiger partial charge in [0, 0.05) is 19.4 Å². The van der Waals surface area contributed by atoms with E-state index in [0.717, 1.165) is 5.56 Å². The lowest BCUT2D eigenvalue weighted by Gasteiger charge is -2.22. The molecule has 0 aliphatic heterocycles. The van der Waals surface area contributed by atoms with Crippen molar-refractivity contribution in [2.45, 2.75) is 44.7 Å². The summed E-state index contributed by atoms with van der Waals surface area (Å²) in [5, 5.41) is 8.77. The molecule has 0 spiro atoms. The number of carboxylic acids is 1. The molecule has 0 saturated carbocycles. The zero-order valence-corrected chi connectivity index (χ0v) is 19.6. The van der Waals surface area contributed by atoms with Crippen molar-refractivity contribution in [2.75, 3.05) is 26.8 Å². The second-order valence-electron chi connectivity index (χ2n) is 7.82. The van der Waals surface area contributed by atoms with Crippen molar-refractivity contribution in [1.29, 1.82) is 0 Å². The molecule has 1 N–H and O–H groups in total. The van der Waals surface area contributed by atoms with E-state index >= 15 is 0 Å². The summed E-state index contributed by atoms with van der Waals surface area (Å²) in [6.45, 7) is 0.509. The van der Waals surface area contributed by atoms with Crippen LogP contribution < -0.4 is 14.2 Å². The number of aryl methyl sites for hydroxylation is 1. The molecule has 0 heterocycles. The quantitative estimate of drug-likeness (QED) is 0.336. The van der Waals surface area contributed by atoms with Gasteiger partial charge in [0.05, 0.1) is 13.7 Å². The number of benzene rings is 2. The second kappa shape index (κ2) is 14.1. The Labute approximate surface area is 202 Å². The molecule has 0 aliphatic carbocycles. The van der Waals surface area contributed by atoms with Crippen LogP contribution in [0.1, 0.15) is 37.7 Å². The Morgan fingerprint density at radius 1 is 0.943 bits per heavy atom. The minimum absolute atomic E-state index is 0.0103. The third kappa shape index (κ3) is 11.0. The van der Waals surface area contributed by atoms with Crippen molar-refractivity contribution in [3.63, 3.8) is 0 Å². The Morgan fingerprint density at radius 2 is 1.63 bits per heavy atom. The number of rotatable bonds is 14. The number of nitrogens with zero attached hydrogens (tertiary/aromatic N) is 1. The first-order valence-electron chi connectivity index (χ1n) is 11.3. The number of carbonyl (C=O) groups excluding carboxylic acids is 1. The van der Waals surface area contributed by atoms with E-state index in [1.54, 1.807) is 48.5 Å². The lowest BCUT2D eigenvalue weighted by atomic mass is 10.1. The third-order valence-electron chi connectivity index (χ3n) is 5.09. The number of aliphatic carboxylic acids is 1. The van der Waals surface area contributed by atoms with Gasteiger partial charge in [-0.25, -0.2) is 4.79 Å². The van der Waals surface area contributed by atoms with Crippen LogP contribution in [0.5, 0.6) is 17.2 Å². The van der Waals surface area contributed by atoms with E-state index in [0.29, 0.717) is 30.8 Å². The van der Waals surface area contributed by atoms with E-state index in [2.05, 4.69) is 0 Å². The molecule has 35 heavy (non-hydrogen) atoms. The number of para-hydroxylation sites is 2. The highest BCUT2D eigenvalue weighted by atomic mass is 19.4. The molecule has 0 fully saturated rings. The van der Waals surface area contributed by atoms with Gasteiger partial charge in [0.2, 0.25) is 0 Å². The second-order valence-corrected chi connectivity index (χ2v) is 7.82. The highest BCUT2D eigenvalue weighted by Gasteiger charge is 2.26. The monoisotopic (exact) mass is 497 g/mol. The number of halogens is 3. The summed E-state index contributed by atoms with van der Waals surface area (Å²) < 4.78 is 53.5. The van der Waals surface area contributed by atoms with Gasteiger partial charge in [-0.1, -0.05) is 30.7 Å². The molecule has 1 amide bonds. The number of hydrogen-bond acceptors (Lipinski definition) is 5. The standard InChI is InChI=1S/C25H30F3NO6/c1-33-21-7-3-4-8-22(21)35-24(32)29(16-6-2-5-15-25(26,27)28)17-18-34-20-12-9-19(10-13-20)11-14-23(30)31/h3-4,7-10,12-13H,2,5-6,11,14-18H2,1H3,(H,30,31). The molecule has 7 nitrogen and oxygen atoms in total. The average Bonchev–Trinajstić information content (AvgIpc) is 2.81. The largest absolute Gasteiger partial charge is 0.493 e. The maximum absolute atomic E-state index is 12.8. The molecule has 2 aromatic carbocycles. The van der Waals surface area contributed by atoms with Crippen molar-refractivity contribution in [3.05, 3.63) is 54.1 Å². The van der Waals surface area contributed by atoms with Gasteiger partial charge < -0.3 is 24.2 Å². The first-order chi connectivity index (χ1) is 16.7. The van der Waals surface area contributed by atoms with E-state index in [1.807, 2.05) is 0 Å². The molecule has 192 valence electrons. The van der Waals surface area contributed by atoms with Gasteiger partial charge in [-0.3, -0.25) is 4.79 Å². The molecule has 0 aliphatic rings. The predicted molar refractivity (Wildman–Crippen MR) is 123 cm³/mol. The van der Waals surface area contributed by atoms with E-state index in [1.165, 1.54) is 12.0 Å². The summed E-state index contributed by atoms with van der Waals surface area (Å²) in [7, 11) is 1.45. The summed E-state index contributed by atoms with van der Waals surface area (Å²) >= 11 is 0. The summed E-state index contributed by atoms with van der Waals surface area (Å²) in [6.07, 6.45) is -4.57. The molecule has 2 rings (SSSR count). The van der Waals surface area contributed by atoms with Crippen LogP contribution in [0.15, 0.2) is 48.5 Å². The van der Waals surface area contributed by atoms with Crippen LogP contribution in [-0.4, -0.2) is 55.1 Å². The van der Waals surface area contributed by atoms with Gasteiger partial charge in [-0.2, -0.15) is 13.2 Å². The van der Waals surface area contributed by atoms with Gasteiger partial charge in [0.1, 0.15) is 12.4 Å². The minimum atomic E-state index is -4.19. The third-order valence-corrected chi connectivity index (χ3v) is 5.09. The number of alkyl halides is 3. The number of unbranched alkanes of at least 4 members (excludes halogenated alkanes) is 2. The van der Waals surface area contributed by atoms with E-state index < -0.39 is 24.7 Å². The van der Waals surface area contributed by atoms with Gasteiger partial charge in [-0.05, 0) is 49.1 Å². The van der Waals surface area contributed by atoms with Gasteiger partial charge in [0.15, 0.2) is 11.5 Å². The smallest absolute Gasteiger partial charge is 0.415 e. The van der Waals surface area contributed by atoms with Crippen LogP contribution in [-0.2, 0) is 11.2 Å². The topological polar surface area (TPSA) is 85.3 Å². The van der Waals surface area contributed by atoms with Crippen LogP contribution in [0.4, 0.5) is 18.0 Å². The van der Waals surface area contributed by atoms with Gasteiger partial charge in [-0.15, -0.1) is 0 Å². The zero-order chi connectivity index (χ0) is 25.7. The van der Waals surface area contributed by atoms with Crippen molar-refractivity contribution in [3.8, 4) is 17.2 Å². The molecule has 0 radical (unpaired) electrons. The molecule has 0 aromatic heterocycles. The molecule has 0 saturated heterocycles. The number of carboxylic acid groups (broad SMARTS) is 1. The maximum Gasteiger partial charge on any atom is 0.415 e. The minimum Gasteiger partial charge on any atom is -0.493 e. The summed E-state index contributed by atoms with van der Waals surface area (Å²) in [6, 6.07) is 13.6. The Morgan fingerprint density at radius 3 is 2.26 bits per heavy atom. The number of methoxy groups -OCH3 is 1.